The van der Waals surface area contributed by atoms with Gasteiger partial charge in [-0.05, 0) is 31.6 Å². The maximum Gasteiger partial charge on any atom is 0.308 e. The number of hydrogen-bond acceptors (Lipinski definition) is 6. The normalized spacial score (nSPS) is 20.0. The first-order valence-electron chi connectivity index (χ1n) is 7.66. The van der Waals surface area contributed by atoms with Crippen LogP contribution in [0.25, 0.3) is 0 Å². The van der Waals surface area contributed by atoms with Crippen molar-refractivity contribution in [2.24, 2.45) is 11.8 Å². The Morgan fingerprint density at radius 2 is 2.12 bits per heavy atom. The molecule has 0 aliphatic heterocycles. The Kier molecular flexibility index (Phi) is 5.68. The van der Waals surface area contributed by atoms with E-state index in [1.807, 2.05) is 0 Å². The van der Waals surface area contributed by atoms with Gasteiger partial charge in [0.2, 0.25) is 0 Å². The number of benzene rings is 1. The van der Waals surface area contributed by atoms with Gasteiger partial charge in [0, 0.05) is 18.7 Å². The molecule has 1 N–H and O–H groups in total. The number of ether oxygens (including phenoxy) is 1. The second kappa shape index (κ2) is 7.73. The highest BCUT2D eigenvalue weighted by molar-refractivity contribution is 5.72. The van der Waals surface area contributed by atoms with Gasteiger partial charge in [0.05, 0.1) is 23.5 Å². The van der Waals surface area contributed by atoms with Gasteiger partial charge in [-0.3, -0.25) is 14.9 Å². The minimum atomic E-state index is -0.792. The van der Waals surface area contributed by atoms with Crippen molar-refractivity contribution in [3.8, 4) is 6.07 Å². The summed E-state index contributed by atoms with van der Waals surface area (Å²) in [6.45, 7) is 0.445. The van der Waals surface area contributed by atoms with Crippen LogP contribution in [0.1, 0.15) is 31.2 Å². The molecule has 0 aromatic heterocycles. The highest BCUT2D eigenvalue weighted by atomic mass is 19.1. The molecule has 0 unspecified atom stereocenters. The molecule has 24 heavy (non-hydrogen) atoms. The van der Waals surface area contributed by atoms with Gasteiger partial charge in [0.1, 0.15) is 17.6 Å². The lowest BCUT2D eigenvalue weighted by Gasteiger charge is -2.27. The number of esters is 1. The number of carbonyl (C=O) groups excluding carboxylic acids is 1. The van der Waals surface area contributed by atoms with Crippen LogP contribution in [0.2, 0.25) is 0 Å². The van der Waals surface area contributed by atoms with Gasteiger partial charge in [-0.25, -0.2) is 4.39 Å². The molecule has 0 amide bonds. The SMILES string of the molecule is COC(=O)[C@H]1CC[C@H](CNc2cc(F)c(C#N)cc2[N+](=O)[O-])CC1. The van der Waals surface area contributed by atoms with Crippen LogP contribution in [0.3, 0.4) is 0 Å². The van der Waals surface area contributed by atoms with Crippen molar-refractivity contribution in [1.29, 1.82) is 5.26 Å². The zero-order chi connectivity index (χ0) is 17.7. The zero-order valence-corrected chi connectivity index (χ0v) is 13.3. The lowest BCUT2D eigenvalue weighted by Crippen LogP contribution is -2.26. The summed E-state index contributed by atoms with van der Waals surface area (Å²) in [6, 6.07) is 3.51. The summed E-state index contributed by atoms with van der Waals surface area (Å²) in [5.41, 5.74) is -0.617. The number of nitro benzene ring substituents is 1. The van der Waals surface area contributed by atoms with Crippen LogP contribution in [0, 0.1) is 39.1 Å². The molecule has 0 spiro atoms. The summed E-state index contributed by atoms with van der Waals surface area (Å²) in [7, 11) is 1.37. The molecule has 1 aliphatic carbocycles. The summed E-state index contributed by atoms with van der Waals surface area (Å²) in [5.74, 6) is -0.844. The molecule has 8 heteroatoms. The highest BCUT2D eigenvalue weighted by Crippen LogP contribution is 2.32. The standard InChI is InChI=1S/C16H18FN3O4/c1-24-16(21)11-4-2-10(3-5-11)9-19-14-7-13(17)12(8-18)6-15(14)20(22)23/h6-7,10-11,19H,2-5,9H2,1H3/t10-,11-. The fourth-order valence-corrected chi connectivity index (χ4v) is 2.96. The molecule has 0 radical (unpaired) electrons. The summed E-state index contributed by atoms with van der Waals surface area (Å²) in [4.78, 5) is 21.9. The van der Waals surface area contributed by atoms with E-state index in [2.05, 4.69) is 5.32 Å². The molecule has 1 fully saturated rings. The van der Waals surface area contributed by atoms with Crippen LogP contribution in [0.5, 0.6) is 0 Å². The van der Waals surface area contributed by atoms with Gasteiger partial charge in [-0.2, -0.15) is 5.26 Å². The van der Waals surface area contributed by atoms with Crippen LogP contribution in [-0.4, -0.2) is 24.5 Å². The van der Waals surface area contributed by atoms with Gasteiger partial charge in [-0.15, -0.1) is 0 Å². The minimum absolute atomic E-state index is 0.0617. The van der Waals surface area contributed by atoms with Crippen molar-refractivity contribution in [1.82, 2.24) is 0 Å². The Morgan fingerprint density at radius 3 is 2.67 bits per heavy atom. The van der Waals surface area contributed by atoms with Crippen LogP contribution in [0.15, 0.2) is 12.1 Å². The van der Waals surface area contributed by atoms with Crippen LogP contribution < -0.4 is 5.32 Å². The molecule has 0 heterocycles. The average molecular weight is 335 g/mol. The number of rotatable bonds is 5. The van der Waals surface area contributed by atoms with Gasteiger partial charge >= 0.3 is 5.97 Å². The molecule has 1 aliphatic rings. The number of nitro groups is 1. The topological polar surface area (TPSA) is 105 Å². The maximum absolute atomic E-state index is 13.7. The monoisotopic (exact) mass is 335 g/mol. The highest BCUT2D eigenvalue weighted by Gasteiger charge is 2.27. The predicted octanol–water partition coefficient (Wildman–Crippen LogP) is 3.00. The van der Waals surface area contributed by atoms with Crippen LogP contribution >= 0.6 is 0 Å². The summed E-state index contributed by atoms with van der Waals surface area (Å²) in [5, 5.41) is 22.8. The number of nitrogens with zero attached hydrogens (tertiary/aromatic N) is 2. The van der Waals surface area contributed by atoms with E-state index in [0.29, 0.717) is 19.4 Å². The quantitative estimate of drug-likeness (QED) is 0.504. The predicted molar refractivity (Wildman–Crippen MR) is 83.7 cm³/mol. The van der Waals surface area contributed by atoms with E-state index < -0.39 is 10.7 Å². The smallest absolute Gasteiger partial charge is 0.308 e. The zero-order valence-electron chi connectivity index (χ0n) is 13.3. The van der Waals surface area contributed by atoms with Crippen molar-refractivity contribution in [2.45, 2.75) is 25.7 Å². The third kappa shape index (κ3) is 3.98. The van der Waals surface area contributed by atoms with Crippen molar-refractivity contribution in [3.63, 3.8) is 0 Å². The summed E-state index contributed by atoms with van der Waals surface area (Å²) >= 11 is 0. The Morgan fingerprint density at radius 1 is 1.46 bits per heavy atom. The van der Waals surface area contributed by atoms with Crippen molar-refractivity contribution >= 4 is 17.3 Å². The van der Waals surface area contributed by atoms with E-state index in [4.69, 9.17) is 10.00 Å². The van der Waals surface area contributed by atoms with Gasteiger partial charge in [0.25, 0.3) is 5.69 Å². The number of carbonyl (C=O) groups is 1. The fraction of sp³-hybridized carbons (Fsp3) is 0.500. The van der Waals surface area contributed by atoms with E-state index in [-0.39, 0.29) is 34.7 Å². The molecule has 128 valence electrons. The third-order valence-corrected chi connectivity index (χ3v) is 4.36. The lowest BCUT2D eigenvalue weighted by atomic mass is 9.82. The Labute approximate surface area is 138 Å². The van der Waals surface area contributed by atoms with E-state index in [9.17, 15) is 19.3 Å². The van der Waals surface area contributed by atoms with Crippen molar-refractivity contribution < 1.29 is 18.8 Å². The molecule has 0 saturated heterocycles. The lowest BCUT2D eigenvalue weighted by molar-refractivity contribution is -0.384. The van der Waals surface area contributed by atoms with Crippen molar-refractivity contribution in [3.05, 3.63) is 33.6 Å². The molecule has 1 saturated carbocycles. The van der Waals surface area contributed by atoms with E-state index in [1.165, 1.54) is 7.11 Å². The number of halogens is 1. The molecular formula is C16H18FN3O4. The summed E-state index contributed by atoms with van der Waals surface area (Å²) in [6.07, 6.45) is 3.00. The largest absolute Gasteiger partial charge is 0.469 e. The van der Waals surface area contributed by atoms with Gasteiger partial charge in [0.15, 0.2) is 0 Å². The van der Waals surface area contributed by atoms with Crippen LogP contribution in [0.4, 0.5) is 15.8 Å². The first-order chi connectivity index (χ1) is 11.5. The van der Waals surface area contributed by atoms with E-state index >= 15 is 0 Å². The van der Waals surface area contributed by atoms with E-state index in [0.717, 1.165) is 25.0 Å². The van der Waals surface area contributed by atoms with Gasteiger partial charge in [-0.1, -0.05) is 0 Å². The number of anilines is 1. The maximum atomic E-state index is 13.7. The summed E-state index contributed by atoms with van der Waals surface area (Å²) < 4.78 is 18.4. The van der Waals surface area contributed by atoms with Crippen LogP contribution in [-0.2, 0) is 9.53 Å². The molecule has 0 bridgehead atoms. The Balaban J connectivity index is 2.00. The first-order valence-corrected chi connectivity index (χ1v) is 7.66. The number of nitrogens with one attached hydrogen (secondary N) is 1. The molecule has 2 rings (SSSR count). The Hall–Kier alpha value is -2.69. The third-order valence-electron chi connectivity index (χ3n) is 4.36. The second-order valence-corrected chi connectivity index (χ2v) is 5.84. The Bertz CT molecular complexity index is 679. The molecule has 7 nitrogen and oxygen atoms in total. The fourth-order valence-electron chi connectivity index (χ4n) is 2.96. The van der Waals surface area contributed by atoms with Crippen molar-refractivity contribution in [2.75, 3.05) is 19.0 Å². The molecule has 0 atom stereocenters. The number of hydrogen-bond donors (Lipinski definition) is 1. The minimum Gasteiger partial charge on any atom is -0.469 e. The average Bonchev–Trinajstić information content (AvgIpc) is 2.59. The van der Waals surface area contributed by atoms with Gasteiger partial charge < -0.3 is 10.1 Å². The first kappa shape index (κ1) is 17.7. The second-order valence-electron chi connectivity index (χ2n) is 5.84. The molecule has 1 aromatic carbocycles. The number of methoxy groups -OCH3 is 1. The number of nitriles is 1. The molecule has 1 aromatic rings. The molecular weight excluding hydrogens is 317 g/mol. The van der Waals surface area contributed by atoms with E-state index in [1.54, 1.807) is 6.07 Å².